The summed E-state index contributed by atoms with van der Waals surface area (Å²) in [6.07, 6.45) is 0. The molecule has 0 aliphatic rings. The van der Waals surface area contributed by atoms with Gasteiger partial charge in [0, 0.05) is 11.3 Å². The Kier molecular flexibility index (Phi) is 2.78. The molecule has 0 unspecified atom stereocenters. The molecule has 1 heterocycles. The average molecular weight is 242 g/mol. The molecule has 0 aliphatic heterocycles. The third-order valence-corrected chi connectivity index (χ3v) is 2.57. The van der Waals surface area contributed by atoms with Gasteiger partial charge < -0.3 is 15.2 Å². The first-order chi connectivity index (χ1) is 8.52. The van der Waals surface area contributed by atoms with Crippen LogP contribution in [-0.2, 0) is 0 Å². The molecule has 18 heavy (non-hydrogen) atoms. The van der Waals surface area contributed by atoms with Gasteiger partial charge in [-0.2, -0.15) is 5.26 Å². The maximum atomic E-state index is 11.6. The number of hydrogen-bond acceptors (Lipinski definition) is 4. The first kappa shape index (κ1) is 11.7. The summed E-state index contributed by atoms with van der Waals surface area (Å²) >= 11 is 0. The number of aromatic amines is 1. The molecule has 0 saturated carbocycles. The second kappa shape index (κ2) is 4.26. The molecule has 90 valence electrons. The molecule has 0 aliphatic carbocycles. The van der Waals surface area contributed by atoms with E-state index in [1.165, 1.54) is 18.2 Å². The fraction of sp³-hybridized carbons (Fsp3) is 0.0769. The quantitative estimate of drug-likeness (QED) is 0.662. The number of aromatic nitrogens is 1. The summed E-state index contributed by atoms with van der Waals surface area (Å²) in [5.74, 6) is -0.548. The Labute approximate surface area is 103 Å². The zero-order valence-electron chi connectivity index (χ0n) is 9.56. The van der Waals surface area contributed by atoms with Crippen molar-refractivity contribution >= 4 is 0 Å². The van der Waals surface area contributed by atoms with Gasteiger partial charge >= 0.3 is 0 Å². The molecule has 3 N–H and O–H groups in total. The second-order valence-electron chi connectivity index (χ2n) is 3.89. The fourth-order valence-corrected chi connectivity index (χ4v) is 1.72. The number of H-pyrrole nitrogens is 1. The Morgan fingerprint density at radius 2 is 1.94 bits per heavy atom. The van der Waals surface area contributed by atoms with Crippen LogP contribution in [0.25, 0.3) is 11.1 Å². The summed E-state index contributed by atoms with van der Waals surface area (Å²) in [6, 6.07) is 7.63. The summed E-state index contributed by atoms with van der Waals surface area (Å²) in [7, 11) is 0. The molecular weight excluding hydrogens is 232 g/mol. The summed E-state index contributed by atoms with van der Waals surface area (Å²) < 4.78 is 0. The minimum absolute atomic E-state index is 0.0225. The van der Waals surface area contributed by atoms with E-state index in [0.29, 0.717) is 16.8 Å². The summed E-state index contributed by atoms with van der Waals surface area (Å²) in [6.45, 7) is 1.70. The fourth-order valence-electron chi connectivity index (χ4n) is 1.72. The lowest BCUT2D eigenvalue weighted by molar-refractivity contribution is 0.404. The molecule has 2 rings (SSSR count). The zero-order chi connectivity index (χ0) is 13.3. The third-order valence-electron chi connectivity index (χ3n) is 2.57. The van der Waals surface area contributed by atoms with Gasteiger partial charge in [-0.3, -0.25) is 4.79 Å². The predicted molar refractivity (Wildman–Crippen MR) is 65.3 cm³/mol. The summed E-state index contributed by atoms with van der Waals surface area (Å²) in [5, 5.41) is 27.7. The number of phenols is 2. The van der Waals surface area contributed by atoms with E-state index in [-0.39, 0.29) is 17.1 Å². The van der Waals surface area contributed by atoms with Gasteiger partial charge in [0.1, 0.15) is 11.6 Å². The molecule has 1 aromatic carbocycles. The summed E-state index contributed by atoms with van der Waals surface area (Å²) in [5.41, 5.74) is 1.04. The van der Waals surface area contributed by atoms with Crippen LogP contribution < -0.4 is 5.56 Å². The van der Waals surface area contributed by atoms with Crippen molar-refractivity contribution in [2.75, 3.05) is 0 Å². The SMILES string of the molecule is Cc1cc(-c2ccc(O)c(O)c2)c(C#N)c(=O)[nH]1. The largest absolute Gasteiger partial charge is 0.504 e. The Bertz CT molecular complexity index is 711. The molecule has 0 fully saturated rings. The highest BCUT2D eigenvalue weighted by Gasteiger charge is 2.11. The maximum absolute atomic E-state index is 11.6. The number of nitriles is 1. The standard InChI is InChI=1S/C13H10N2O3/c1-7-4-9(10(6-14)13(18)15-7)8-2-3-11(16)12(17)5-8/h2-5,16-17H,1H3,(H,15,18). The first-order valence-corrected chi connectivity index (χ1v) is 5.19. The van der Waals surface area contributed by atoms with E-state index in [1.54, 1.807) is 13.0 Å². The Balaban J connectivity index is 2.75. The van der Waals surface area contributed by atoms with Crippen molar-refractivity contribution in [1.29, 1.82) is 5.26 Å². The van der Waals surface area contributed by atoms with E-state index in [0.717, 1.165) is 0 Å². The van der Waals surface area contributed by atoms with Gasteiger partial charge in [-0.25, -0.2) is 0 Å². The van der Waals surface area contributed by atoms with Gasteiger partial charge in [0.15, 0.2) is 11.5 Å². The van der Waals surface area contributed by atoms with Crippen LogP contribution in [0.1, 0.15) is 11.3 Å². The number of rotatable bonds is 1. The van der Waals surface area contributed by atoms with Crippen LogP contribution in [0, 0.1) is 18.3 Å². The van der Waals surface area contributed by atoms with E-state index < -0.39 is 5.56 Å². The molecule has 5 nitrogen and oxygen atoms in total. The molecule has 0 radical (unpaired) electrons. The maximum Gasteiger partial charge on any atom is 0.266 e. The summed E-state index contributed by atoms with van der Waals surface area (Å²) in [4.78, 5) is 14.2. The number of pyridine rings is 1. The van der Waals surface area contributed by atoms with Crippen molar-refractivity contribution in [2.45, 2.75) is 6.92 Å². The van der Waals surface area contributed by atoms with Gasteiger partial charge in [0.2, 0.25) is 0 Å². The highest BCUT2D eigenvalue weighted by Crippen LogP contribution is 2.31. The highest BCUT2D eigenvalue weighted by molar-refractivity contribution is 5.72. The first-order valence-electron chi connectivity index (χ1n) is 5.19. The second-order valence-corrected chi connectivity index (χ2v) is 3.89. The molecule has 0 saturated heterocycles. The molecule has 2 aromatic rings. The van der Waals surface area contributed by atoms with E-state index in [9.17, 15) is 15.0 Å². The van der Waals surface area contributed by atoms with Gasteiger partial charge in [0.25, 0.3) is 5.56 Å². The number of nitrogens with zero attached hydrogens (tertiary/aromatic N) is 1. The highest BCUT2D eigenvalue weighted by atomic mass is 16.3. The lowest BCUT2D eigenvalue weighted by atomic mass is 10.0. The lowest BCUT2D eigenvalue weighted by Crippen LogP contribution is -2.12. The normalized spacial score (nSPS) is 10.0. The molecule has 0 amide bonds. The smallest absolute Gasteiger partial charge is 0.266 e. The lowest BCUT2D eigenvalue weighted by Gasteiger charge is -2.06. The Morgan fingerprint density at radius 1 is 1.22 bits per heavy atom. The van der Waals surface area contributed by atoms with Crippen molar-refractivity contribution in [1.82, 2.24) is 4.98 Å². The van der Waals surface area contributed by atoms with Crippen LogP contribution in [0.15, 0.2) is 29.1 Å². The molecule has 5 heteroatoms. The Hall–Kier alpha value is -2.74. The van der Waals surface area contributed by atoms with Gasteiger partial charge in [-0.05, 0) is 30.7 Å². The van der Waals surface area contributed by atoms with Crippen LogP contribution in [-0.4, -0.2) is 15.2 Å². The van der Waals surface area contributed by atoms with Crippen molar-refractivity contribution in [3.8, 4) is 28.7 Å². The molecule has 0 atom stereocenters. The molecule has 0 spiro atoms. The minimum Gasteiger partial charge on any atom is -0.504 e. The number of hydrogen-bond donors (Lipinski definition) is 3. The van der Waals surface area contributed by atoms with Crippen molar-refractivity contribution < 1.29 is 10.2 Å². The molecular formula is C13H10N2O3. The number of aryl methyl sites for hydroxylation is 1. The number of aromatic hydroxyl groups is 2. The van der Waals surface area contributed by atoms with Gasteiger partial charge in [-0.15, -0.1) is 0 Å². The van der Waals surface area contributed by atoms with E-state index in [1.807, 2.05) is 6.07 Å². The van der Waals surface area contributed by atoms with Crippen molar-refractivity contribution in [3.05, 3.63) is 45.9 Å². The minimum atomic E-state index is -0.472. The molecule has 1 aromatic heterocycles. The Morgan fingerprint density at radius 3 is 2.56 bits per heavy atom. The predicted octanol–water partition coefficient (Wildman–Crippen LogP) is 1.63. The van der Waals surface area contributed by atoms with Crippen molar-refractivity contribution in [2.24, 2.45) is 0 Å². The van der Waals surface area contributed by atoms with Gasteiger partial charge in [-0.1, -0.05) is 6.07 Å². The van der Waals surface area contributed by atoms with Gasteiger partial charge in [0.05, 0.1) is 0 Å². The third kappa shape index (κ3) is 1.92. The number of phenolic OH excluding ortho intramolecular Hbond substituents is 2. The zero-order valence-corrected chi connectivity index (χ0v) is 9.56. The van der Waals surface area contributed by atoms with Crippen LogP contribution in [0.2, 0.25) is 0 Å². The van der Waals surface area contributed by atoms with E-state index >= 15 is 0 Å². The van der Waals surface area contributed by atoms with Crippen molar-refractivity contribution in [3.63, 3.8) is 0 Å². The average Bonchev–Trinajstić information content (AvgIpc) is 2.32. The van der Waals surface area contributed by atoms with E-state index in [2.05, 4.69) is 4.98 Å². The van der Waals surface area contributed by atoms with Crippen LogP contribution in [0.5, 0.6) is 11.5 Å². The number of benzene rings is 1. The number of nitrogens with one attached hydrogen (secondary N) is 1. The topological polar surface area (TPSA) is 97.1 Å². The van der Waals surface area contributed by atoms with Crippen LogP contribution >= 0.6 is 0 Å². The monoisotopic (exact) mass is 242 g/mol. The van der Waals surface area contributed by atoms with Crippen LogP contribution in [0.3, 0.4) is 0 Å². The van der Waals surface area contributed by atoms with E-state index in [4.69, 9.17) is 5.26 Å². The van der Waals surface area contributed by atoms with Crippen LogP contribution in [0.4, 0.5) is 0 Å². The molecule has 0 bridgehead atoms.